The van der Waals surface area contributed by atoms with E-state index < -0.39 is 27.8 Å². The normalized spacial score (nSPS) is 21.9. The lowest BCUT2D eigenvalue weighted by atomic mass is 10.0. The minimum absolute atomic E-state index is 0.104. The van der Waals surface area contributed by atoms with Gasteiger partial charge >= 0.3 is 6.09 Å². The maximum Gasteiger partial charge on any atom is 0.424 e. The fraction of sp³-hybridized carbons (Fsp3) is 0.462. The second-order valence-electron chi connectivity index (χ2n) is 5.26. The number of alkyl halides is 1. The summed E-state index contributed by atoms with van der Waals surface area (Å²) < 4.78 is 31.8. The Morgan fingerprint density at radius 2 is 1.85 bits per heavy atom. The van der Waals surface area contributed by atoms with Gasteiger partial charge in [-0.3, -0.25) is 0 Å². The third-order valence-corrected chi connectivity index (χ3v) is 5.96. The number of hydrogen-bond acceptors (Lipinski definition) is 4. The molecule has 110 valence electrons. The van der Waals surface area contributed by atoms with Crippen LogP contribution in [0.3, 0.4) is 0 Å². The molecule has 1 fully saturated rings. The maximum absolute atomic E-state index is 12.6. The van der Waals surface area contributed by atoms with E-state index in [9.17, 15) is 13.2 Å². The summed E-state index contributed by atoms with van der Waals surface area (Å²) in [4.78, 5) is 12.1. The highest BCUT2D eigenvalue weighted by Crippen LogP contribution is 2.35. The molecule has 20 heavy (non-hydrogen) atoms. The molecule has 0 spiro atoms. The second-order valence-corrected chi connectivity index (χ2v) is 7.95. The van der Waals surface area contributed by atoms with E-state index in [-0.39, 0.29) is 4.90 Å². The SMILES string of the molecule is Cc1ccc(S(=O)(=O)N2C(=O)OC(C)(C)C2CI)cc1. The van der Waals surface area contributed by atoms with Crippen LogP contribution in [0.25, 0.3) is 0 Å². The predicted molar refractivity (Wildman–Crippen MR) is 83.4 cm³/mol. The molecule has 0 aromatic heterocycles. The number of ether oxygens (including phenoxy) is 1. The molecule has 0 saturated carbocycles. The largest absolute Gasteiger partial charge is 0.440 e. The lowest BCUT2D eigenvalue weighted by molar-refractivity contribution is 0.0730. The van der Waals surface area contributed by atoms with Gasteiger partial charge in [0.05, 0.1) is 10.9 Å². The van der Waals surface area contributed by atoms with Crippen LogP contribution in [0.2, 0.25) is 0 Å². The van der Waals surface area contributed by atoms with Gasteiger partial charge in [-0.25, -0.2) is 13.2 Å². The molecular formula is C13H16INO4S. The van der Waals surface area contributed by atoms with Crippen molar-refractivity contribution >= 4 is 38.7 Å². The molecule has 1 unspecified atom stereocenters. The summed E-state index contributed by atoms with van der Waals surface area (Å²) >= 11 is 2.07. The van der Waals surface area contributed by atoms with Gasteiger partial charge in [-0.1, -0.05) is 40.3 Å². The number of aryl methyl sites for hydroxylation is 1. The van der Waals surface area contributed by atoms with Crippen molar-refractivity contribution in [2.75, 3.05) is 4.43 Å². The number of amides is 1. The van der Waals surface area contributed by atoms with E-state index in [1.807, 2.05) is 6.92 Å². The summed E-state index contributed by atoms with van der Waals surface area (Å²) in [5.41, 5.74) is 0.134. The number of carbonyl (C=O) groups excluding carboxylic acids is 1. The first kappa shape index (κ1) is 15.6. The zero-order valence-electron chi connectivity index (χ0n) is 11.5. The zero-order chi connectivity index (χ0) is 15.1. The summed E-state index contributed by atoms with van der Waals surface area (Å²) in [6, 6.07) is 5.92. The number of nitrogens with zero attached hydrogens (tertiary/aromatic N) is 1. The number of benzene rings is 1. The standard InChI is InChI=1S/C13H16INO4S/c1-9-4-6-10(7-5-9)20(17,18)15-11(8-14)13(2,3)19-12(15)16/h4-7,11H,8H2,1-3H3. The van der Waals surface area contributed by atoms with Crippen LogP contribution in [0.15, 0.2) is 29.2 Å². The number of carbonyl (C=O) groups is 1. The first-order valence-corrected chi connectivity index (χ1v) is 9.07. The Morgan fingerprint density at radius 1 is 1.30 bits per heavy atom. The van der Waals surface area contributed by atoms with Crippen molar-refractivity contribution in [2.24, 2.45) is 0 Å². The van der Waals surface area contributed by atoms with Crippen LogP contribution in [0.1, 0.15) is 19.4 Å². The minimum Gasteiger partial charge on any atom is -0.440 e. The summed E-state index contributed by atoms with van der Waals surface area (Å²) in [5, 5.41) is 0. The molecule has 7 heteroatoms. The second kappa shape index (κ2) is 5.18. The van der Waals surface area contributed by atoms with Crippen LogP contribution in [0.5, 0.6) is 0 Å². The molecule has 0 radical (unpaired) electrons. The highest BCUT2D eigenvalue weighted by atomic mass is 127. The lowest BCUT2D eigenvalue weighted by Gasteiger charge is -2.26. The molecule has 0 aliphatic carbocycles. The molecule has 2 rings (SSSR count). The third kappa shape index (κ3) is 2.52. The van der Waals surface area contributed by atoms with E-state index in [0.29, 0.717) is 4.43 Å². The molecule has 0 bridgehead atoms. The van der Waals surface area contributed by atoms with Gasteiger partial charge in [0, 0.05) is 4.43 Å². The number of rotatable bonds is 3. The van der Waals surface area contributed by atoms with Crippen molar-refractivity contribution in [1.29, 1.82) is 0 Å². The van der Waals surface area contributed by atoms with Gasteiger partial charge in [0.25, 0.3) is 10.0 Å². The predicted octanol–water partition coefficient (Wildman–Crippen LogP) is 2.72. The highest BCUT2D eigenvalue weighted by molar-refractivity contribution is 14.1. The van der Waals surface area contributed by atoms with Gasteiger partial charge in [-0.05, 0) is 32.9 Å². The Morgan fingerprint density at radius 3 is 2.35 bits per heavy atom. The van der Waals surface area contributed by atoms with Gasteiger partial charge < -0.3 is 4.74 Å². The zero-order valence-corrected chi connectivity index (χ0v) is 14.4. The number of halogens is 1. The Kier molecular flexibility index (Phi) is 4.03. The Bertz CT molecular complexity index is 624. The minimum atomic E-state index is -3.88. The topological polar surface area (TPSA) is 63.7 Å². The number of cyclic esters (lactones) is 1. The van der Waals surface area contributed by atoms with E-state index in [1.54, 1.807) is 26.0 Å². The molecule has 1 heterocycles. The fourth-order valence-corrected chi connectivity index (χ4v) is 5.41. The van der Waals surface area contributed by atoms with Crippen molar-refractivity contribution in [1.82, 2.24) is 4.31 Å². The molecule has 1 saturated heterocycles. The molecule has 1 aliphatic rings. The molecule has 1 aliphatic heterocycles. The quantitative estimate of drug-likeness (QED) is 0.569. The van der Waals surface area contributed by atoms with E-state index in [2.05, 4.69) is 22.6 Å². The Hall–Kier alpha value is -0.830. The maximum atomic E-state index is 12.6. The van der Waals surface area contributed by atoms with E-state index in [4.69, 9.17) is 4.74 Å². The number of hydrogen-bond donors (Lipinski definition) is 0. The molecule has 1 amide bonds. The summed E-state index contributed by atoms with van der Waals surface area (Å²) in [6.07, 6.45) is -0.808. The van der Waals surface area contributed by atoms with Crippen molar-refractivity contribution in [3.63, 3.8) is 0 Å². The molecule has 0 N–H and O–H groups in total. The monoisotopic (exact) mass is 409 g/mol. The third-order valence-electron chi connectivity index (χ3n) is 3.34. The highest BCUT2D eigenvalue weighted by Gasteiger charge is 2.52. The van der Waals surface area contributed by atoms with Crippen LogP contribution >= 0.6 is 22.6 Å². The average Bonchev–Trinajstić information content (AvgIpc) is 2.58. The van der Waals surface area contributed by atoms with E-state index >= 15 is 0 Å². The molecule has 5 nitrogen and oxygen atoms in total. The smallest absolute Gasteiger partial charge is 0.424 e. The average molecular weight is 409 g/mol. The molecular weight excluding hydrogens is 393 g/mol. The first-order valence-electron chi connectivity index (χ1n) is 6.10. The fourth-order valence-electron chi connectivity index (χ4n) is 2.09. The summed E-state index contributed by atoms with van der Waals surface area (Å²) in [5.74, 6) is 0. The number of sulfonamides is 1. The van der Waals surface area contributed by atoms with Crippen molar-refractivity contribution in [3.8, 4) is 0 Å². The first-order chi connectivity index (χ1) is 9.20. The molecule has 1 aromatic carbocycles. The van der Waals surface area contributed by atoms with Gasteiger partial charge in [0.15, 0.2) is 0 Å². The Labute approximate surface area is 132 Å². The van der Waals surface area contributed by atoms with Gasteiger partial charge in [0.2, 0.25) is 0 Å². The summed E-state index contributed by atoms with van der Waals surface area (Å²) in [6.45, 7) is 5.31. The van der Waals surface area contributed by atoms with Crippen molar-refractivity contribution < 1.29 is 17.9 Å². The van der Waals surface area contributed by atoms with Crippen LogP contribution in [0, 0.1) is 6.92 Å². The van der Waals surface area contributed by atoms with Crippen molar-refractivity contribution in [3.05, 3.63) is 29.8 Å². The van der Waals surface area contributed by atoms with Gasteiger partial charge in [0.1, 0.15) is 5.60 Å². The van der Waals surface area contributed by atoms with E-state index in [0.717, 1.165) is 9.87 Å². The Balaban J connectivity index is 2.48. The van der Waals surface area contributed by atoms with Gasteiger partial charge in [-0.15, -0.1) is 0 Å². The van der Waals surface area contributed by atoms with Crippen LogP contribution in [-0.4, -0.2) is 34.9 Å². The van der Waals surface area contributed by atoms with E-state index in [1.165, 1.54) is 12.1 Å². The summed E-state index contributed by atoms with van der Waals surface area (Å²) in [7, 11) is -3.88. The molecule has 1 aromatic rings. The lowest BCUT2D eigenvalue weighted by Crippen LogP contribution is -2.45. The van der Waals surface area contributed by atoms with Crippen molar-refractivity contribution in [2.45, 2.75) is 37.3 Å². The van der Waals surface area contributed by atoms with Crippen LogP contribution < -0.4 is 0 Å². The van der Waals surface area contributed by atoms with Crippen LogP contribution in [0.4, 0.5) is 4.79 Å². The van der Waals surface area contributed by atoms with Crippen LogP contribution in [-0.2, 0) is 14.8 Å². The molecule has 1 atom stereocenters. The van der Waals surface area contributed by atoms with Gasteiger partial charge in [-0.2, -0.15) is 4.31 Å².